The Morgan fingerprint density at radius 1 is 1.36 bits per heavy atom. The van der Waals surface area contributed by atoms with Gasteiger partial charge in [0.05, 0.1) is 16.6 Å². The van der Waals surface area contributed by atoms with Crippen molar-refractivity contribution in [1.29, 1.82) is 0 Å². The third kappa shape index (κ3) is 2.65. The summed E-state index contributed by atoms with van der Waals surface area (Å²) < 4.78 is 22.5. The molecule has 0 spiro atoms. The number of phenols is 1. The molecule has 2 aliphatic heterocycles. The number of nitrogens with one attached hydrogen (secondary N) is 1. The molecule has 1 atom stereocenters. The van der Waals surface area contributed by atoms with E-state index < -0.39 is 5.82 Å². The molecule has 1 unspecified atom stereocenters. The van der Waals surface area contributed by atoms with Crippen LogP contribution in [0.1, 0.15) is 5.56 Å². The summed E-state index contributed by atoms with van der Waals surface area (Å²) in [7, 11) is 1.82. The molecule has 2 aromatic carbocycles. The highest BCUT2D eigenvalue weighted by Gasteiger charge is 2.32. The van der Waals surface area contributed by atoms with Gasteiger partial charge in [0, 0.05) is 55.9 Å². The van der Waals surface area contributed by atoms with Gasteiger partial charge in [-0.2, -0.15) is 5.10 Å². The van der Waals surface area contributed by atoms with E-state index in [1.807, 2.05) is 13.2 Å². The molecule has 3 aromatic rings. The van der Waals surface area contributed by atoms with Crippen molar-refractivity contribution in [2.45, 2.75) is 12.6 Å². The highest BCUT2D eigenvalue weighted by atomic mass is 35.5. The Hall–Kier alpha value is -2.35. The summed E-state index contributed by atoms with van der Waals surface area (Å²) in [5.74, 6) is -0.176. The van der Waals surface area contributed by atoms with Crippen LogP contribution in [0.15, 0.2) is 24.4 Å². The van der Waals surface area contributed by atoms with E-state index in [0.717, 1.165) is 30.7 Å². The number of piperazine rings is 1. The van der Waals surface area contributed by atoms with Crippen LogP contribution in [0.5, 0.6) is 11.5 Å². The number of phenolic OH excluding ortho intramolecular Hbond substituents is 1. The van der Waals surface area contributed by atoms with Crippen LogP contribution in [0.3, 0.4) is 0 Å². The number of hydrogen-bond donors (Lipinski definition) is 2. The standard InChI is InChI=1S/C20H20ClFN4O2/c1-25-8-12-16(17-14(22)3-2-4-15(17)27)18(21)20-13(19(12)24-25)9-26-6-5-23-7-11(26)10-28-20/h2-4,8,11,23,27H,5-7,9-10H2,1H3. The number of hydrogen-bond acceptors (Lipinski definition) is 5. The molecule has 2 aliphatic rings. The third-order valence-corrected chi connectivity index (χ3v) is 5.93. The first kappa shape index (κ1) is 17.7. The van der Waals surface area contributed by atoms with E-state index >= 15 is 0 Å². The van der Waals surface area contributed by atoms with Gasteiger partial charge in [-0.15, -0.1) is 0 Å². The fourth-order valence-corrected chi connectivity index (χ4v) is 4.59. The number of rotatable bonds is 1. The lowest BCUT2D eigenvalue weighted by molar-refractivity contribution is 0.120. The fraction of sp³-hybridized carbons (Fsp3) is 0.350. The summed E-state index contributed by atoms with van der Waals surface area (Å²) in [4.78, 5) is 2.37. The molecule has 3 heterocycles. The van der Waals surface area contributed by atoms with Crippen molar-refractivity contribution in [3.05, 3.63) is 40.8 Å². The topological polar surface area (TPSA) is 62.5 Å². The monoisotopic (exact) mass is 402 g/mol. The largest absolute Gasteiger partial charge is 0.507 e. The highest BCUT2D eigenvalue weighted by molar-refractivity contribution is 6.37. The maximum absolute atomic E-state index is 14.7. The van der Waals surface area contributed by atoms with Gasteiger partial charge in [-0.05, 0) is 12.1 Å². The van der Waals surface area contributed by atoms with Crippen molar-refractivity contribution in [2.24, 2.45) is 7.05 Å². The number of ether oxygens (including phenoxy) is 1. The Morgan fingerprint density at radius 3 is 3.04 bits per heavy atom. The van der Waals surface area contributed by atoms with Gasteiger partial charge >= 0.3 is 0 Å². The van der Waals surface area contributed by atoms with Crippen molar-refractivity contribution in [3.63, 3.8) is 0 Å². The van der Waals surface area contributed by atoms with Gasteiger partial charge < -0.3 is 15.2 Å². The quantitative estimate of drug-likeness (QED) is 0.655. The van der Waals surface area contributed by atoms with Crippen LogP contribution in [0.25, 0.3) is 22.0 Å². The average molecular weight is 403 g/mol. The normalized spacial score (nSPS) is 19.8. The van der Waals surface area contributed by atoms with Gasteiger partial charge in [0.15, 0.2) is 0 Å². The van der Waals surface area contributed by atoms with Crippen LogP contribution in [0, 0.1) is 5.82 Å². The van der Waals surface area contributed by atoms with Crippen molar-refractivity contribution < 1.29 is 14.2 Å². The summed E-state index contributed by atoms with van der Waals surface area (Å²) in [5.41, 5.74) is 2.11. The van der Waals surface area contributed by atoms with E-state index in [1.165, 1.54) is 18.2 Å². The van der Waals surface area contributed by atoms with E-state index in [-0.39, 0.29) is 17.4 Å². The summed E-state index contributed by atoms with van der Waals surface area (Å²) in [6.07, 6.45) is 1.81. The molecule has 2 N–H and O–H groups in total. The van der Waals surface area contributed by atoms with Gasteiger partial charge in [0.25, 0.3) is 0 Å². The van der Waals surface area contributed by atoms with Crippen LogP contribution >= 0.6 is 11.6 Å². The molecule has 1 saturated heterocycles. The second kappa shape index (κ2) is 6.62. The zero-order valence-electron chi connectivity index (χ0n) is 15.4. The highest BCUT2D eigenvalue weighted by Crippen LogP contribution is 2.48. The molecule has 0 amide bonds. The first-order chi connectivity index (χ1) is 13.5. The molecule has 8 heteroatoms. The maximum atomic E-state index is 14.7. The first-order valence-electron chi connectivity index (χ1n) is 9.27. The minimum absolute atomic E-state index is 0.0699. The second-order valence-electron chi connectivity index (χ2n) is 7.34. The molecule has 28 heavy (non-hydrogen) atoms. The van der Waals surface area contributed by atoms with Crippen molar-refractivity contribution in [3.8, 4) is 22.6 Å². The number of aromatic nitrogens is 2. The lowest BCUT2D eigenvalue weighted by Crippen LogP contribution is -2.52. The van der Waals surface area contributed by atoms with Gasteiger partial charge in [-0.1, -0.05) is 17.7 Å². The molecule has 0 radical (unpaired) electrons. The molecule has 5 rings (SSSR count). The number of benzene rings is 2. The summed E-state index contributed by atoms with van der Waals surface area (Å²) in [6.45, 7) is 3.83. The Bertz CT molecular complexity index is 1060. The van der Waals surface area contributed by atoms with Crippen LogP contribution in [-0.2, 0) is 13.6 Å². The molecule has 146 valence electrons. The zero-order valence-corrected chi connectivity index (χ0v) is 16.1. The lowest BCUT2D eigenvalue weighted by Gasteiger charge is -2.33. The summed E-state index contributed by atoms with van der Waals surface area (Å²) in [5, 5.41) is 19.4. The smallest absolute Gasteiger partial charge is 0.145 e. The second-order valence-corrected chi connectivity index (χ2v) is 7.71. The fourth-order valence-electron chi connectivity index (χ4n) is 4.23. The Balaban J connectivity index is 1.80. The SMILES string of the molecule is Cn1cc2c(-c3c(O)cccc3F)c(Cl)c3c(c2n1)CN1CCNCC1CO3. The molecule has 0 aliphatic carbocycles. The minimum Gasteiger partial charge on any atom is -0.507 e. The van der Waals surface area contributed by atoms with Gasteiger partial charge in [0.1, 0.15) is 29.4 Å². The van der Waals surface area contributed by atoms with Crippen molar-refractivity contribution >= 4 is 22.5 Å². The number of nitrogens with zero attached hydrogens (tertiary/aromatic N) is 3. The van der Waals surface area contributed by atoms with E-state index in [4.69, 9.17) is 16.3 Å². The number of halogens is 2. The van der Waals surface area contributed by atoms with E-state index in [9.17, 15) is 9.50 Å². The Kier molecular flexibility index (Phi) is 4.19. The number of fused-ring (bicyclic) bond motifs is 4. The van der Waals surface area contributed by atoms with Gasteiger partial charge in [-0.25, -0.2) is 4.39 Å². The van der Waals surface area contributed by atoms with Crippen molar-refractivity contribution in [1.82, 2.24) is 20.0 Å². The van der Waals surface area contributed by atoms with E-state index in [0.29, 0.717) is 34.9 Å². The molecule has 0 saturated carbocycles. The van der Waals surface area contributed by atoms with Crippen LogP contribution in [-0.4, -0.2) is 52.1 Å². The Labute approximate surface area is 166 Å². The Morgan fingerprint density at radius 2 is 2.21 bits per heavy atom. The average Bonchev–Trinajstić information content (AvgIpc) is 2.94. The van der Waals surface area contributed by atoms with Crippen LogP contribution < -0.4 is 10.1 Å². The van der Waals surface area contributed by atoms with E-state index in [2.05, 4.69) is 15.3 Å². The molecular formula is C20H20ClFN4O2. The zero-order chi connectivity index (χ0) is 19.4. The van der Waals surface area contributed by atoms with Gasteiger partial charge in [0.2, 0.25) is 0 Å². The predicted octanol–water partition coefficient (Wildman–Crippen LogP) is 2.90. The maximum Gasteiger partial charge on any atom is 0.145 e. The lowest BCUT2D eigenvalue weighted by atomic mass is 9.96. The molecule has 0 bridgehead atoms. The van der Waals surface area contributed by atoms with E-state index in [1.54, 1.807) is 4.68 Å². The van der Waals surface area contributed by atoms with Crippen LogP contribution in [0.2, 0.25) is 5.02 Å². The number of aryl methyl sites for hydroxylation is 1. The molecule has 1 fully saturated rings. The van der Waals surface area contributed by atoms with Crippen molar-refractivity contribution in [2.75, 3.05) is 26.2 Å². The van der Waals surface area contributed by atoms with Gasteiger partial charge in [-0.3, -0.25) is 9.58 Å². The molecular weight excluding hydrogens is 383 g/mol. The first-order valence-corrected chi connectivity index (χ1v) is 9.65. The minimum atomic E-state index is -0.540. The van der Waals surface area contributed by atoms with Crippen LogP contribution in [0.4, 0.5) is 4.39 Å². The summed E-state index contributed by atoms with van der Waals surface area (Å²) >= 11 is 6.79. The summed E-state index contributed by atoms with van der Waals surface area (Å²) in [6, 6.07) is 4.47. The molecule has 1 aromatic heterocycles. The third-order valence-electron chi connectivity index (χ3n) is 5.57. The molecule has 6 nitrogen and oxygen atoms in total. The number of aromatic hydroxyl groups is 1. The predicted molar refractivity (Wildman–Crippen MR) is 105 cm³/mol.